The van der Waals surface area contributed by atoms with Gasteiger partial charge in [-0.05, 0) is 32.4 Å². The van der Waals surface area contributed by atoms with Gasteiger partial charge in [-0.2, -0.15) is 0 Å². The molecule has 0 aliphatic rings. The third kappa shape index (κ3) is 3.16. The largest absolute Gasteiger partial charge is 0.507 e. The fraction of sp³-hybridized carbons (Fsp3) is 0.462. The summed E-state index contributed by atoms with van der Waals surface area (Å²) in [5.41, 5.74) is 5.22. The van der Waals surface area contributed by atoms with E-state index >= 15 is 0 Å². The summed E-state index contributed by atoms with van der Waals surface area (Å²) in [5.74, 6) is -1.42. The molecular weight excluding hydrogens is 273 g/mol. The number of rotatable bonds is 3. The van der Waals surface area contributed by atoms with E-state index in [9.17, 15) is 14.3 Å². The SMILES string of the molecule is COC(=O)C(C)(C)[C@H](N)c1c(F)ccc(C)c1O.Cl. The highest BCUT2D eigenvalue weighted by Crippen LogP contribution is 2.39. The Morgan fingerprint density at radius 3 is 2.47 bits per heavy atom. The van der Waals surface area contributed by atoms with Crippen LogP contribution in [0.3, 0.4) is 0 Å². The van der Waals surface area contributed by atoms with Crippen LogP contribution in [0, 0.1) is 18.2 Å². The van der Waals surface area contributed by atoms with Crippen molar-refractivity contribution in [1.29, 1.82) is 0 Å². The van der Waals surface area contributed by atoms with Crippen LogP contribution in [0.15, 0.2) is 12.1 Å². The second kappa shape index (κ2) is 6.21. The van der Waals surface area contributed by atoms with Crippen molar-refractivity contribution in [3.8, 4) is 5.75 Å². The molecule has 0 unspecified atom stereocenters. The molecule has 0 fully saturated rings. The number of hydrogen-bond acceptors (Lipinski definition) is 4. The summed E-state index contributed by atoms with van der Waals surface area (Å²) < 4.78 is 18.4. The standard InChI is InChI=1S/C13H18FNO3.ClH/c1-7-5-6-8(14)9(10(7)16)11(15)13(2,3)12(17)18-4;/h5-6,11,16H,15H2,1-4H3;1H/t11-;/m1./s1. The van der Waals surface area contributed by atoms with E-state index in [0.29, 0.717) is 5.56 Å². The second-order valence-corrected chi connectivity index (χ2v) is 4.82. The number of halogens is 2. The highest BCUT2D eigenvalue weighted by Gasteiger charge is 2.39. The molecule has 3 N–H and O–H groups in total. The molecule has 4 nitrogen and oxygen atoms in total. The minimum absolute atomic E-state index is 0. The third-order valence-electron chi connectivity index (χ3n) is 3.17. The van der Waals surface area contributed by atoms with E-state index < -0.39 is 23.2 Å². The number of methoxy groups -OCH3 is 1. The van der Waals surface area contributed by atoms with E-state index in [-0.39, 0.29) is 23.7 Å². The number of nitrogens with two attached hydrogens (primary N) is 1. The summed E-state index contributed by atoms with van der Waals surface area (Å²) in [7, 11) is 1.24. The summed E-state index contributed by atoms with van der Waals surface area (Å²) >= 11 is 0. The average molecular weight is 292 g/mol. The van der Waals surface area contributed by atoms with E-state index in [4.69, 9.17) is 5.73 Å². The molecule has 0 bridgehead atoms. The molecule has 1 aromatic carbocycles. The maximum atomic E-state index is 13.8. The molecule has 0 spiro atoms. The van der Waals surface area contributed by atoms with Crippen molar-refractivity contribution in [2.75, 3.05) is 7.11 Å². The predicted octanol–water partition coefficient (Wildman–Crippen LogP) is 2.46. The van der Waals surface area contributed by atoms with Gasteiger partial charge in [-0.1, -0.05) is 6.07 Å². The Bertz CT molecular complexity index is 477. The number of phenols is 1. The van der Waals surface area contributed by atoms with Crippen LogP contribution in [0.25, 0.3) is 0 Å². The van der Waals surface area contributed by atoms with Crippen LogP contribution < -0.4 is 5.73 Å². The second-order valence-electron chi connectivity index (χ2n) is 4.82. The summed E-state index contributed by atoms with van der Waals surface area (Å²) in [4.78, 5) is 11.6. The summed E-state index contributed by atoms with van der Waals surface area (Å²) in [6, 6.07) is 1.67. The van der Waals surface area contributed by atoms with E-state index in [0.717, 1.165) is 0 Å². The highest BCUT2D eigenvalue weighted by molar-refractivity contribution is 5.85. The van der Waals surface area contributed by atoms with Crippen LogP contribution >= 0.6 is 12.4 Å². The van der Waals surface area contributed by atoms with Crippen molar-refractivity contribution in [3.63, 3.8) is 0 Å². The average Bonchev–Trinajstić information content (AvgIpc) is 2.33. The van der Waals surface area contributed by atoms with E-state index in [2.05, 4.69) is 4.74 Å². The molecule has 0 saturated carbocycles. The lowest BCUT2D eigenvalue weighted by molar-refractivity contribution is -0.152. The lowest BCUT2D eigenvalue weighted by Crippen LogP contribution is -2.38. The van der Waals surface area contributed by atoms with Gasteiger partial charge in [0.25, 0.3) is 0 Å². The van der Waals surface area contributed by atoms with Gasteiger partial charge in [0.05, 0.1) is 18.6 Å². The molecule has 0 amide bonds. The molecule has 0 radical (unpaired) electrons. The van der Waals surface area contributed by atoms with Crippen LogP contribution in [-0.2, 0) is 9.53 Å². The Morgan fingerprint density at radius 1 is 1.47 bits per heavy atom. The van der Waals surface area contributed by atoms with Gasteiger partial charge in [0.1, 0.15) is 11.6 Å². The van der Waals surface area contributed by atoms with Gasteiger partial charge >= 0.3 is 5.97 Å². The zero-order valence-corrected chi connectivity index (χ0v) is 12.2. The Labute approximate surface area is 118 Å². The molecule has 1 aromatic rings. The minimum Gasteiger partial charge on any atom is -0.507 e. The molecule has 0 aliphatic carbocycles. The van der Waals surface area contributed by atoms with Gasteiger partial charge in [-0.15, -0.1) is 12.4 Å². The first kappa shape index (κ1) is 17.7. The smallest absolute Gasteiger partial charge is 0.313 e. The first-order valence-electron chi connectivity index (χ1n) is 5.55. The molecule has 108 valence electrons. The predicted molar refractivity (Wildman–Crippen MR) is 72.8 cm³/mol. The van der Waals surface area contributed by atoms with E-state index in [1.807, 2.05) is 0 Å². The number of aromatic hydroxyl groups is 1. The van der Waals surface area contributed by atoms with Crippen molar-refractivity contribution in [3.05, 3.63) is 29.1 Å². The topological polar surface area (TPSA) is 72.5 Å². The third-order valence-corrected chi connectivity index (χ3v) is 3.17. The van der Waals surface area contributed by atoms with Gasteiger partial charge in [-0.25, -0.2) is 4.39 Å². The van der Waals surface area contributed by atoms with Crippen LogP contribution in [-0.4, -0.2) is 18.2 Å². The Morgan fingerprint density at radius 2 is 2.00 bits per heavy atom. The Kier molecular flexibility index (Phi) is 5.78. The van der Waals surface area contributed by atoms with Crippen molar-refractivity contribution in [2.45, 2.75) is 26.8 Å². The van der Waals surface area contributed by atoms with Gasteiger partial charge in [-0.3, -0.25) is 4.79 Å². The van der Waals surface area contributed by atoms with Crippen LogP contribution in [0.2, 0.25) is 0 Å². The quantitative estimate of drug-likeness (QED) is 0.839. The summed E-state index contributed by atoms with van der Waals surface area (Å²) in [6.07, 6.45) is 0. The zero-order valence-electron chi connectivity index (χ0n) is 11.4. The molecule has 0 aromatic heterocycles. The number of carbonyl (C=O) groups excluding carboxylic acids is 1. The molecule has 0 saturated heterocycles. The number of esters is 1. The number of phenolic OH excluding ortho intramolecular Hbond substituents is 1. The number of benzene rings is 1. The first-order chi connectivity index (χ1) is 8.23. The molecule has 0 aliphatic heterocycles. The monoisotopic (exact) mass is 291 g/mol. The molecule has 0 heterocycles. The number of aryl methyl sites for hydroxylation is 1. The number of carbonyl (C=O) groups is 1. The fourth-order valence-corrected chi connectivity index (χ4v) is 1.74. The van der Waals surface area contributed by atoms with Crippen molar-refractivity contribution in [1.82, 2.24) is 0 Å². The van der Waals surface area contributed by atoms with E-state index in [1.54, 1.807) is 20.8 Å². The number of hydrogen-bond donors (Lipinski definition) is 2. The Balaban J connectivity index is 0.00000324. The summed E-state index contributed by atoms with van der Waals surface area (Å²) in [5, 5.41) is 9.89. The van der Waals surface area contributed by atoms with Crippen molar-refractivity contribution >= 4 is 18.4 Å². The maximum Gasteiger partial charge on any atom is 0.313 e. The van der Waals surface area contributed by atoms with Gasteiger partial charge in [0.15, 0.2) is 0 Å². The van der Waals surface area contributed by atoms with Crippen molar-refractivity contribution in [2.24, 2.45) is 11.1 Å². The first-order valence-corrected chi connectivity index (χ1v) is 5.55. The van der Waals surface area contributed by atoms with Crippen LogP contribution in [0.5, 0.6) is 5.75 Å². The zero-order chi connectivity index (χ0) is 14.1. The highest BCUT2D eigenvalue weighted by atomic mass is 35.5. The lowest BCUT2D eigenvalue weighted by atomic mass is 9.80. The van der Waals surface area contributed by atoms with Crippen molar-refractivity contribution < 1.29 is 19.0 Å². The van der Waals surface area contributed by atoms with Gasteiger partial charge in [0, 0.05) is 5.56 Å². The van der Waals surface area contributed by atoms with Crippen LogP contribution in [0.1, 0.15) is 31.0 Å². The molecule has 1 rings (SSSR count). The Hall–Kier alpha value is -1.33. The fourth-order valence-electron chi connectivity index (χ4n) is 1.74. The summed E-state index contributed by atoms with van der Waals surface area (Å²) in [6.45, 7) is 4.73. The lowest BCUT2D eigenvalue weighted by Gasteiger charge is -2.29. The van der Waals surface area contributed by atoms with Gasteiger partial charge < -0.3 is 15.6 Å². The van der Waals surface area contributed by atoms with Crippen LogP contribution in [0.4, 0.5) is 4.39 Å². The van der Waals surface area contributed by atoms with E-state index in [1.165, 1.54) is 19.2 Å². The molecular formula is C13H19ClFNO3. The minimum atomic E-state index is -1.14. The molecule has 19 heavy (non-hydrogen) atoms. The van der Waals surface area contributed by atoms with Gasteiger partial charge in [0.2, 0.25) is 0 Å². The maximum absolute atomic E-state index is 13.8. The molecule has 6 heteroatoms. The molecule has 1 atom stereocenters. The number of ether oxygens (including phenoxy) is 1. The normalized spacial score (nSPS) is 12.5.